The van der Waals surface area contributed by atoms with Gasteiger partial charge in [0, 0.05) is 67.8 Å². The van der Waals surface area contributed by atoms with Gasteiger partial charge in [-0.2, -0.15) is 0 Å². The van der Waals surface area contributed by atoms with E-state index in [0.29, 0.717) is 30.7 Å². The third-order valence-corrected chi connectivity index (χ3v) is 11.7. The Morgan fingerprint density at radius 3 is 2.52 bits per heavy atom. The van der Waals surface area contributed by atoms with Gasteiger partial charge in [-0.1, -0.05) is 25.3 Å². The van der Waals surface area contributed by atoms with E-state index < -0.39 is 11.4 Å². The number of rotatable bonds is 7. The molecule has 3 aromatic rings. The van der Waals surface area contributed by atoms with E-state index in [-0.39, 0.29) is 17.9 Å². The molecule has 232 valence electrons. The maximum atomic E-state index is 14.9. The first-order valence-electron chi connectivity index (χ1n) is 16.6. The number of piperidine rings is 2. The van der Waals surface area contributed by atoms with E-state index in [1.807, 2.05) is 18.2 Å². The Balaban J connectivity index is 1.27. The van der Waals surface area contributed by atoms with Crippen LogP contribution in [-0.4, -0.2) is 83.9 Å². The Hall–Kier alpha value is -3.36. The minimum atomic E-state index is -0.919. The smallest absolute Gasteiger partial charge is 0.335 e. The minimum Gasteiger partial charge on any atom is -0.497 e. The summed E-state index contributed by atoms with van der Waals surface area (Å²) in [7, 11) is 3.46. The van der Waals surface area contributed by atoms with Crippen LogP contribution < -0.4 is 4.74 Å². The van der Waals surface area contributed by atoms with Crippen molar-refractivity contribution in [1.29, 1.82) is 0 Å². The number of hydrogen-bond acceptors (Lipinski definition) is 5. The average Bonchev–Trinajstić information content (AvgIpc) is 3.73. The first-order valence-corrected chi connectivity index (χ1v) is 16.6. The number of carboxylic acids is 1. The van der Waals surface area contributed by atoms with E-state index in [4.69, 9.17) is 9.47 Å². The molecule has 4 aliphatic heterocycles. The molecule has 6 aliphatic rings. The van der Waals surface area contributed by atoms with Gasteiger partial charge in [0.15, 0.2) is 0 Å². The van der Waals surface area contributed by atoms with E-state index >= 15 is 0 Å². The molecule has 5 heterocycles. The number of carbonyl (C=O) groups excluding carboxylic acids is 1. The fourth-order valence-electron chi connectivity index (χ4n) is 9.35. The van der Waals surface area contributed by atoms with Gasteiger partial charge >= 0.3 is 5.97 Å². The van der Waals surface area contributed by atoms with Crippen LogP contribution in [0.15, 0.2) is 36.4 Å². The summed E-state index contributed by atoms with van der Waals surface area (Å²) in [6, 6.07) is 12.7. The third-order valence-electron chi connectivity index (χ3n) is 11.7. The van der Waals surface area contributed by atoms with Gasteiger partial charge in [0.25, 0.3) is 0 Å². The predicted octanol–water partition coefficient (Wildman–Crippen LogP) is 5.87. The van der Waals surface area contributed by atoms with Gasteiger partial charge in [-0.3, -0.25) is 9.69 Å². The highest BCUT2D eigenvalue weighted by atomic mass is 16.5. The number of piperazine rings is 1. The molecule has 1 aromatic heterocycles. The number of ether oxygens (including phenoxy) is 2. The summed E-state index contributed by atoms with van der Waals surface area (Å²) in [6.07, 6.45) is 8.96. The average molecular weight is 598 g/mol. The Labute approximate surface area is 258 Å². The molecule has 2 aromatic carbocycles. The number of amides is 1. The third kappa shape index (κ3) is 4.24. The number of methoxy groups -OCH3 is 2. The molecule has 8 nitrogen and oxygen atoms in total. The van der Waals surface area contributed by atoms with Crippen LogP contribution in [0.2, 0.25) is 0 Å². The molecular formula is C36H43N3O5. The summed E-state index contributed by atoms with van der Waals surface area (Å²) in [5.74, 6) is 0.713. The van der Waals surface area contributed by atoms with Gasteiger partial charge in [-0.25, -0.2) is 4.79 Å². The minimum absolute atomic E-state index is 0.113. The lowest BCUT2D eigenvalue weighted by atomic mass is 9.81. The molecule has 1 amide bonds. The van der Waals surface area contributed by atoms with Crippen molar-refractivity contribution in [2.75, 3.05) is 40.5 Å². The summed E-state index contributed by atoms with van der Waals surface area (Å²) < 4.78 is 13.5. The Morgan fingerprint density at radius 1 is 0.977 bits per heavy atom. The highest BCUT2D eigenvalue weighted by Gasteiger charge is 2.65. The van der Waals surface area contributed by atoms with Crippen molar-refractivity contribution < 1.29 is 24.2 Å². The quantitative estimate of drug-likeness (QED) is 0.367. The largest absolute Gasteiger partial charge is 0.497 e. The molecular weight excluding hydrogens is 554 g/mol. The van der Waals surface area contributed by atoms with Gasteiger partial charge in [-0.15, -0.1) is 0 Å². The van der Waals surface area contributed by atoms with Crippen molar-refractivity contribution in [3.63, 3.8) is 0 Å². The maximum Gasteiger partial charge on any atom is 0.335 e. The number of aromatic carboxylic acids is 1. The van der Waals surface area contributed by atoms with Crippen molar-refractivity contribution in [2.45, 2.75) is 81.8 Å². The Morgan fingerprint density at radius 2 is 1.80 bits per heavy atom. The molecule has 2 aliphatic carbocycles. The molecule has 0 spiro atoms. The van der Waals surface area contributed by atoms with Crippen molar-refractivity contribution in [1.82, 2.24) is 14.4 Å². The molecule has 1 N–H and O–H groups in total. The van der Waals surface area contributed by atoms with Gasteiger partial charge in [0.2, 0.25) is 5.91 Å². The summed E-state index contributed by atoms with van der Waals surface area (Å²) in [5, 5.41) is 11.1. The second-order valence-corrected chi connectivity index (χ2v) is 13.9. The van der Waals surface area contributed by atoms with E-state index in [1.165, 1.54) is 41.6 Å². The first-order chi connectivity index (χ1) is 21.4. The molecule has 2 unspecified atom stereocenters. The molecule has 2 saturated carbocycles. The molecule has 9 rings (SSSR count). The zero-order valence-electron chi connectivity index (χ0n) is 25.9. The number of benzene rings is 2. The molecule has 44 heavy (non-hydrogen) atoms. The number of aromatic nitrogens is 1. The van der Waals surface area contributed by atoms with Crippen molar-refractivity contribution >= 4 is 22.8 Å². The summed E-state index contributed by atoms with van der Waals surface area (Å²) in [6.45, 7) is 3.90. The van der Waals surface area contributed by atoms with Crippen LogP contribution in [0.3, 0.4) is 0 Å². The molecule has 0 radical (unpaired) electrons. The first kappa shape index (κ1) is 28.1. The maximum absolute atomic E-state index is 14.9. The lowest BCUT2D eigenvalue weighted by molar-refractivity contribution is -0.149. The van der Waals surface area contributed by atoms with Crippen LogP contribution in [0, 0.1) is 5.41 Å². The zero-order chi connectivity index (χ0) is 30.2. The molecule has 4 atom stereocenters. The zero-order valence-corrected chi connectivity index (χ0v) is 25.9. The lowest BCUT2D eigenvalue weighted by Crippen LogP contribution is -2.65. The fourth-order valence-corrected chi connectivity index (χ4v) is 9.35. The number of carboxylic acid groups (broad SMARTS) is 1. The molecule has 5 fully saturated rings. The van der Waals surface area contributed by atoms with Crippen molar-refractivity contribution in [3.05, 3.63) is 53.1 Å². The molecule has 8 heteroatoms. The van der Waals surface area contributed by atoms with Crippen LogP contribution in [0.25, 0.3) is 22.2 Å². The fraction of sp³-hybridized carbons (Fsp3) is 0.556. The van der Waals surface area contributed by atoms with E-state index in [0.717, 1.165) is 68.4 Å². The van der Waals surface area contributed by atoms with Gasteiger partial charge < -0.3 is 24.0 Å². The van der Waals surface area contributed by atoms with Crippen LogP contribution in [0.1, 0.15) is 84.7 Å². The molecule has 2 bridgehead atoms. The standard InChI is InChI=1S/C36H43N3O5/c1-43-15-14-37-19-25-10-9-24(37)20-38(25)35(42)36-18-30(36)29-17-26(44-2)11-13-27(29)33-32(22-6-4-3-5-7-22)28-12-8-23(34(40)41)16-31(28)39(33)21-36/h8,11-13,16-17,22,24-25,30H,3-7,9-10,14-15,18-21H2,1-2H3,(H,40,41)/t24?,25?,30-,36-/m0/s1. The van der Waals surface area contributed by atoms with Crippen LogP contribution in [-0.2, 0) is 16.1 Å². The topological polar surface area (TPSA) is 84.2 Å². The predicted molar refractivity (Wildman–Crippen MR) is 168 cm³/mol. The summed E-state index contributed by atoms with van der Waals surface area (Å²) >= 11 is 0. The van der Waals surface area contributed by atoms with Crippen LogP contribution in [0.4, 0.5) is 0 Å². The van der Waals surface area contributed by atoms with E-state index in [9.17, 15) is 14.7 Å². The van der Waals surface area contributed by atoms with Crippen molar-refractivity contribution in [2.24, 2.45) is 5.41 Å². The lowest BCUT2D eigenvalue weighted by Gasteiger charge is -2.52. The number of hydrogen-bond donors (Lipinski definition) is 1. The number of nitrogens with zero attached hydrogens (tertiary/aromatic N) is 3. The van der Waals surface area contributed by atoms with E-state index in [2.05, 4.69) is 26.5 Å². The second-order valence-electron chi connectivity index (χ2n) is 13.9. The highest BCUT2D eigenvalue weighted by Crippen LogP contribution is 2.66. The van der Waals surface area contributed by atoms with Crippen molar-refractivity contribution in [3.8, 4) is 17.0 Å². The summed E-state index contributed by atoms with van der Waals surface area (Å²) in [5.41, 5.74) is 5.63. The summed E-state index contributed by atoms with van der Waals surface area (Å²) in [4.78, 5) is 31.8. The van der Waals surface area contributed by atoms with Gasteiger partial charge in [0.05, 0.1) is 30.4 Å². The SMILES string of the molecule is COCCN1CC2CCC1CN2C(=O)[C@]12C[C@H]1c1cc(OC)ccc1-c1c(C3CCCCC3)c3ccc(C(=O)O)cc3n1C2. The normalized spacial score (nSPS) is 27.9. The van der Waals surface area contributed by atoms with Crippen LogP contribution >= 0.6 is 0 Å². The number of carbonyl (C=O) groups is 2. The Kier molecular flexibility index (Phi) is 6.79. The monoisotopic (exact) mass is 597 g/mol. The Bertz CT molecular complexity index is 1640. The molecule has 3 saturated heterocycles. The highest BCUT2D eigenvalue weighted by molar-refractivity contribution is 6.00. The van der Waals surface area contributed by atoms with Crippen LogP contribution in [0.5, 0.6) is 5.75 Å². The van der Waals surface area contributed by atoms with E-state index in [1.54, 1.807) is 20.3 Å². The van der Waals surface area contributed by atoms with Gasteiger partial charge in [-0.05, 0) is 79.5 Å². The van der Waals surface area contributed by atoms with Gasteiger partial charge in [0.1, 0.15) is 5.75 Å². The number of fused-ring (bicyclic) bond motifs is 10. The second kappa shape index (κ2) is 10.6.